The number of thiophene rings is 1. The number of carbonyl (C=O) groups excluding carboxylic acids is 3. The lowest BCUT2D eigenvalue weighted by Gasteiger charge is -2.50. The van der Waals surface area contributed by atoms with Crippen LogP contribution in [0.15, 0.2) is 57.0 Å². The SMILES string of the molecule is CC(C)(ON=C(C(=O)NC1C(=O)N2C(C(=O)[O-])=C(C[n+]3ccc4sccc4c3)CS[C@@H]12)c1coc(N)n1)C(=O)O. The summed E-state index contributed by atoms with van der Waals surface area (Å²) in [5, 5.41) is 29.8. The second-order valence-corrected chi connectivity index (χ2v) is 11.4. The molecule has 0 bridgehead atoms. The van der Waals surface area contributed by atoms with Crippen molar-refractivity contribution in [2.75, 3.05) is 11.5 Å². The topological polar surface area (TPSA) is 204 Å². The van der Waals surface area contributed by atoms with Crippen molar-refractivity contribution in [1.82, 2.24) is 15.2 Å². The number of nitrogens with one attached hydrogen (secondary N) is 1. The van der Waals surface area contributed by atoms with Crippen LogP contribution in [0.25, 0.3) is 10.1 Å². The van der Waals surface area contributed by atoms with Crippen LogP contribution in [0.2, 0.25) is 0 Å². The van der Waals surface area contributed by atoms with E-state index in [1.165, 1.54) is 25.6 Å². The summed E-state index contributed by atoms with van der Waals surface area (Å²) in [6, 6.07) is 2.50. The van der Waals surface area contributed by atoms with Gasteiger partial charge in [-0.25, -0.2) is 9.36 Å². The van der Waals surface area contributed by atoms with Gasteiger partial charge in [0.05, 0.1) is 17.1 Å². The molecule has 0 saturated carbocycles. The van der Waals surface area contributed by atoms with E-state index in [9.17, 15) is 29.4 Å². The van der Waals surface area contributed by atoms with E-state index >= 15 is 0 Å². The van der Waals surface area contributed by atoms with Crippen LogP contribution in [-0.2, 0) is 30.6 Å². The van der Waals surface area contributed by atoms with E-state index in [0.29, 0.717) is 5.57 Å². The molecule has 1 unspecified atom stereocenters. The van der Waals surface area contributed by atoms with Gasteiger partial charge >= 0.3 is 5.97 Å². The number of fused-ring (bicyclic) bond motifs is 2. The van der Waals surface area contributed by atoms with Gasteiger partial charge < -0.3 is 35.3 Å². The molecular formula is C24H22N6O8S2. The number of nitrogens with zero attached hydrogens (tertiary/aromatic N) is 4. The summed E-state index contributed by atoms with van der Waals surface area (Å²) in [4.78, 5) is 59.8. The summed E-state index contributed by atoms with van der Waals surface area (Å²) in [5.74, 6) is -4.16. The number of thioether (sulfide) groups is 1. The summed E-state index contributed by atoms with van der Waals surface area (Å²) in [5.41, 5.74) is 3.31. The van der Waals surface area contributed by atoms with Crippen molar-refractivity contribution >= 4 is 68.7 Å². The Bertz CT molecular complexity index is 1610. The highest BCUT2D eigenvalue weighted by molar-refractivity contribution is 8.00. The van der Waals surface area contributed by atoms with Gasteiger partial charge in [-0.15, -0.1) is 23.1 Å². The van der Waals surface area contributed by atoms with Gasteiger partial charge in [-0.1, -0.05) is 5.16 Å². The first-order valence-corrected chi connectivity index (χ1v) is 13.7. The van der Waals surface area contributed by atoms with Gasteiger partial charge in [0.1, 0.15) is 23.4 Å². The smallest absolute Gasteiger partial charge is 0.350 e. The second kappa shape index (κ2) is 10.3. The first-order valence-electron chi connectivity index (χ1n) is 11.7. The van der Waals surface area contributed by atoms with Crippen LogP contribution >= 0.6 is 23.1 Å². The first-order chi connectivity index (χ1) is 19.0. The molecule has 0 aliphatic carbocycles. The molecule has 3 aromatic rings. The second-order valence-electron chi connectivity index (χ2n) is 9.38. The van der Waals surface area contributed by atoms with Gasteiger partial charge in [0.2, 0.25) is 5.60 Å². The fourth-order valence-electron chi connectivity index (χ4n) is 4.08. The summed E-state index contributed by atoms with van der Waals surface area (Å²) in [6.45, 7) is 2.68. The molecule has 2 aliphatic rings. The van der Waals surface area contributed by atoms with Crippen molar-refractivity contribution in [3.8, 4) is 0 Å². The Hall–Kier alpha value is -4.44. The highest BCUT2D eigenvalue weighted by Crippen LogP contribution is 2.40. The molecule has 0 aromatic carbocycles. The monoisotopic (exact) mass is 586 g/mol. The van der Waals surface area contributed by atoms with Crippen LogP contribution in [0.3, 0.4) is 0 Å². The largest absolute Gasteiger partial charge is 0.543 e. The van der Waals surface area contributed by atoms with Crippen LogP contribution in [0.5, 0.6) is 0 Å². The van der Waals surface area contributed by atoms with Crippen molar-refractivity contribution in [3.63, 3.8) is 0 Å². The quantitative estimate of drug-likeness (QED) is 0.125. The standard InChI is InChI=1S/C24H22N6O8S2/c1-24(2,22(35)36)38-28-15(13-9-37-23(25)26-13)18(31)27-16-19(32)30-17(21(33)34)12(10-40-20(16)30)8-29-5-3-14-11(7-29)4-6-39-14/h3-7,9,16,20H,8,10H2,1-2H3,(H4-,25,26,27,31,33,34,35,36)/t16?,20-/m0/s1. The molecule has 2 aliphatic heterocycles. The number of hydrogen-bond donors (Lipinski definition) is 3. The first kappa shape index (κ1) is 27.1. The number of nitrogen functional groups attached to an aromatic ring is 1. The highest BCUT2D eigenvalue weighted by atomic mass is 32.2. The van der Waals surface area contributed by atoms with Crippen LogP contribution < -0.4 is 20.7 Å². The van der Waals surface area contributed by atoms with Gasteiger partial charge in [0, 0.05) is 22.1 Å². The number of hydrogen-bond acceptors (Lipinski definition) is 12. The number of oxazole rings is 1. The van der Waals surface area contributed by atoms with E-state index in [1.54, 1.807) is 11.3 Å². The predicted octanol–water partition coefficient (Wildman–Crippen LogP) is -0.553. The highest BCUT2D eigenvalue weighted by Gasteiger charge is 2.53. The van der Waals surface area contributed by atoms with Crippen LogP contribution in [0, 0.1) is 0 Å². The van der Waals surface area contributed by atoms with E-state index in [0.717, 1.165) is 21.2 Å². The fourth-order valence-corrected chi connectivity index (χ4v) is 6.17. The third kappa shape index (κ3) is 4.98. The number of carboxylic acids is 2. The molecule has 3 aromatic heterocycles. The molecule has 4 N–H and O–H groups in total. The number of carbonyl (C=O) groups is 4. The average Bonchev–Trinajstić information content (AvgIpc) is 3.55. The minimum absolute atomic E-state index is 0.159. The van der Waals surface area contributed by atoms with E-state index in [2.05, 4.69) is 15.5 Å². The molecule has 40 heavy (non-hydrogen) atoms. The molecule has 14 nitrogen and oxygen atoms in total. The van der Waals surface area contributed by atoms with Crippen LogP contribution in [0.4, 0.5) is 6.01 Å². The molecule has 2 atom stereocenters. The minimum atomic E-state index is -1.79. The van der Waals surface area contributed by atoms with Gasteiger partial charge in [-0.3, -0.25) is 14.5 Å². The summed E-state index contributed by atoms with van der Waals surface area (Å²) in [6.07, 6.45) is 4.75. The molecule has 208 valence electrons. The van der Waals surface area contributed by atoms with E-state index in [4.69, 9.17) is 15.0 Å². The maximum Gasteiger partial charge on any atom is 0.350 e. The Morgan fingerprint density at radius 3 is 2.85 bits per heavy atom. The molecular weight excluding hydrogens is 564 g/mol. The molecule has 2 amide bonds. The number of pyridine rings is 1. The number of nitrogens with two attached hydrogens (primary N) is 1. The van der Waals surface area contributed by atoms with Crippen molar-refractivity contribution in [2.24, 2.45) is 5.16 Å². The van der Waals surface area contributed by atoms with Crippen molar-refractivity contribution in [2.45, 2.75) is 37.4 Å². The number of aliphatic carboxylic acids is 2. The maximum atomic E-state index is 13.2. The zero-order chi connectivity index (χ0) is 28.8. The van der Waals surface area contributed by atoms with Crippen LogP contribution in [0.1, 0.15) is 19.5 Å². The predicted molar refractivity (Wildman–Crippen MR) is 139 cm³/mol. The lowest BCUT2D eigenvalue weighted by atomic mass is 10.0. The zero-order valence-electron chi connectivity index (χ0n) is 21.0. The Kier molecular flexibility index (Phi) is 6.97. The molecule has 0 spiro atoms. The molecule has 5 rings (SSSR count). The lowest BCUT2D eigenvalue weighted by molar-refractivity contribution is -0.687. The van der Waals surface area contributed by atoms with Crippen molar-refractivity contribution in [3.05, 3.63) is 53.1 Å². The maximum absolute atomic E-state index is 13.2. The normalized spacial score (nSPS) is 19.3. The van der Waals surface area contributed by atoms with Gasteiger partial charge in [-0.2, -0.15) is 4.98 Å². The van der Waals surface area contributed by atoms with E-state index in [-0.39, 0.29) is 29.7 Å². The Morgan fingerprint density at radius 2 is 2.17 bits per heavy atom. The molecule has 16 heteroatoms. The summed E-state index contributed by atoms with van der Waals surface area (Å²) in [7, 11) is 0. The number of carboxylic acid groups (broad SMARTS) is 2. The number of oxime groups is 1. The van der Waals surface area contributed by atoms with E-state index in [1.807, 2.05) is 34.5 Å². The van der Waals surface area contributed by atoms with Crippen molar-refractivity contribution < 1.29 is 43.2 Å². The molecule has 1 fully saturated rings. The fraction of sp³-hybridized carbons (Fsp3) is 0.292. The number of aromatic nitrogens is 2. The third-order valence-corrected chi connectivity index (χ3v) is 8.45. The third-order valence-electron chi connectivity index (χ3n) is 6.21. The number of anilines is 1. The molecule has 0 radical (unpaired) electrons. The summed E-state index contributed by atoms with van der Waals surface area (Å²) < 4.78 is 7.85. The lowest BCUT2D eigenvalue weighted by Crippen LogP contribution is -2.71. The van der Waals surface area contributed by atoms with Gasteiger partial charge in [0.25, 0.3) is 17.8 Å². The Morgan fingerprint density at radius 1 is 1.40 bits per heavy atom. The van der Waals surface area contributed by atoms with Gasteiger partial charge in [0.15, 0.2) is 24.7 Å². The molecule has 1 saturated heterocycles. The summed E-state index contributed by atoms with van der Waals surface area (Å²) >= 11 is 2.87. The minimum Gasteiger partial charge on any atom is -0.543 e. The average molecular weight is 587 g/mol. The number of amides is 2. The number of β-lactam (4-membered cyclic amide) rings is 1. The van der Waals surface area contributed by atoms with Crippen LogP contribution in [-0.4, -0.2) is 67.2 Å². The zero-order valence-corrected chi connectivity index (χ0v) is 22.7. The van der Waals surface area contributed by atoms with Crippen molar-refractivity contribution in [1.29, 1.82) is 0 Å². The Balaban J connectivity index is 1.36. The molecule has 5 heterocycles. The Labute approximate surface area is 234 Å². The van der Waals surface area contributed by atoms with E-state index < -0.39 is 46.5 Å². The number of rotatable bonds is 9. The van der Waals surface area contributed by atoms with Gasteiger partial charge in [-0.05, 0) is 25.3 Å².